The Morgan fingerprint density at radius 3 is 2.80 bits per heavy atom. The summed E-state index contributed by atoms with van der Waals surface area (Å²) >= 11 is 7.57. The lowest BCUT2D eigenvalue weighted by Gasteiger charge is -2.10. The SMILES string of the molecule is CCCCn1c(=O)n(CCCc2noc(Cc3ccsc3)n2)c(=O)c2[nH]c(Cl)nc21. The molecule has 0 bridgehead atoms. The van der Waals surface area contributed by atoms with Gasteiger partial charge in [-0.3, -0.25) is 13.9 Å². The number of aromatic nitrogens is 6. The van der Waals surface area contributed by atoms with Gasteiger partial charge in [-0.1, -0.05) is 18.5 Å². The lowest BCUT2D eigenvalue weighted by atomic mass is 10.2. The Labute approximate surface area is 180 Å². The van der Waals surface area contributed by atoms with Crippen molar-refractivity contribution in [2.45, 2.75) is 52.1 Å². The fourth-order valence-electron chi connectivity index (χ4n) is 3.28. The highest BCUT2D eigenvalue weighted by atomic mass is 35.5. The molecule has 4 aromatic heterocycles. The van der Waals surface area contributed by atoms with E-state index in [0.717, 1.165) is 18.4 Å². The maximum absolute atomic E-state index is 12.9. The number of fused-ring (bicyclic) bond motifs is 1. The van der Waals surface area contributed by atoms with E-state index in [1.54, 1.807) is 11.3 Å². The zero-order chi connectivity index (χ0) is 21.1. The van der Waals surface area contributed by atoms with Gasteiger partial charge in [-0.2, -0.15) is 21.3 Å². The lowest BCUT2D eigenvalue weighted by molar-refractivity contribution is 0.378. The van der Waals surface area contributed by atoms with Crippen molar-refractivity contribution < 1.29 is 4.52 Å². The number of hydrogen-bond acceptors (Lipinski definition) is 7. The normalized spacial score (nSPS) is 11.5. The molecule has 0 saturated heterocycles. The van der Waals surface area contributed by atoms with E-state index in [4.69, 9.17) is 16.1 Å². The summed E-state index contributed by atoms with van der Waals surface area (Å²) in [6.45, 7) is 2.75. The first-order chi connectivity index (χ1) is 14.6. The van der Waals surface area contributed by atoms with Crippen LogP contribution in [0.4, 0.5) is 0 Å². The molecule has 0 fully saturated rings. The Hall–Kier alpha value is -2.72. The van der Waals surface area contributed by atoms with Crippen molar-refractivity contribution in [1.82, 2.24) is 29.2 Å². The average Bonchev–Trinajstić information content (AvgIpc) is 3.47. The monoisotopic (exact) mass is 448 g/mol. The molecule has 0 aromatic carbocycles. The summed E-state index contributed by atoms with van der Waals surface area (Å²) in [5, 5.41) is 8.13. The van der Waals surface area contributed by atoms with Crippen LogP contribution in [0.1, 0.15) is 43.5 Å². The first-order valence-corrected chi connectivity index (χ1v) is 11.1. The van der Waals surface area contributed by atoms with Crippen molar-refractivity contribution >= 4 is 34.1 Å². The number of halogens is 1. The molecule has 4 heterocycles. The molecule has 11 heteroatoms. The van der Waals surface area contributed by atoms with Crippen molar-refractivity contribution in [3.05, 3.63) is 60.2 Å². The molecule has 4 rings (SSSR count). The van der Waals surface area contributed by atoms with Crippen LogP contribution in [0, 0.1) is 0 Å². The number of H-pyrrole nitrogens is 1. The van der Waals surface area contributed by atoms with E-state index in [1.165, 1.54) is 9.13 Å². The number of aryl methyl sites for hydroxylation is 2. The van der Waals surface area contributed by atoms with E-state index in [-0.39, 0.29) is 23.0 Å². The summed E-state index contributed by atoms with van der Waals surface area (Å²) in [6, 6.07) is 2.02. The van der Waals surface area contributed by atoms with E-state index in [1.807, 2.05) is 23.8 Å². The molecule has 0 saturated carbocycles. The van der Waals surface area contributed by atoms with Crippen molar-refractivity contribution in [2.24, 2.45) is 0 Å². The molecule has 0 atom stereocenters. The number of thiophene rings is 1. The smallest absolute Gasteiger partial charge is 0.332 e. The van der Waals surface area contributed by atoms with E-state index in [9.17, 15) is 9.59 Å². The summed E-state index contributed by atoms with van der Waals surface area (Å²) < 4.78 is 8.02. The number of nitrogens with one attached hydrogen (secondary N) is 1. The fraction of sp³-hybridized carbons (Fsp3) is 0.421. The predicted octanol–water partition coefficient (Wildman–Crippen LogP) is 3.01. The molecular formula is C19H21ClN6O3S. The average molecular weight is 449 g/mol. The highest BCUT2D eigenvalue weighted by Crippen LogP contribution is 2.13. The van der Waals surface area contributed by atoms with Gasteiger partial charge in [0.15, 0.2) is 17.0 Å². The second-order valence-corrected chi connectivity index (χ2v) is 8.13. The molecular weight excluding hydrogens is 428 g/mol. The summed E-state index contributed by atoms with van der Waals surface area (Å²) in [6.07, 6.45) is 3.32. The van der Waals surface area contributed by atoms with Crippen molar-refractivity contribution in [1.29, 1.82) is 0 Å². The predicted molar refractivity (Wildman–Crippen MR) is 114 cm³/mol. The van der Waals surface area contributed by atoms with Crippen LogP contribution in [-0.2, 0) is 25.9 Å². The minimum atomic E-state index is -0.423. The Morgan fingerprint density at radius 1 is 1.20 bits per heavy atom. The van der Waals surface area contributed by atoms with Gasteiger partial charge in [0, 0.05) is 19.5 Å². The van der Waals surface area contributed by atoms with Crippen LogP contribution in [0.3, 0.4) is 0 Å². The van der Waals surface area contributed by atoms with Gasteiger partial charge in [0.05, 0.1) is 6.42 Å². The first kappa shape index (κ1) is 20.5. The summed E-state index contributed by atoms with van der Waals surface area (Å²) in [4.78, 5) is 37.0. The summed E-state index contributed by atoms with van der Waals surface area (Å²) in [5.41, 5.74) is 0.869. The van der Waals surface area contributed by atoms with E-state index < -0.39 is 5.56 Å². The molecule has 0 aliphatic heterocycles. The zero-order valence-corrected chi connectivity index (χ0v) is 18.0. The van der Waals surface area contributed by atoms with Crippen LogP contribution in [0.25, 0.3) is 11.2 Å². The Kier molecular flexibility index (Phi) is 6.14. The van der Waals surface area contributed by atoms with Gasteiger partial charge in [0.2, 0.25) is 11.2 Å². The van der Waals surface area contributed by atoms with Gasteiger partial charge < -0.3 is 9.51 Å². The highest BCUT2D eigenvalue weighted by molar-refractivity contribution is 7.07. The molecule has 1 N–H and O–H groups in total. The van der Waals surface area contributed by atoms with Crippen LogP contribution in [0.2, 0.25) is 5.28 Å². The van der Waals surface area contributed by atoms with Gasteiger partial charge in [-0.05, 0) is 46.8 Å². The zero-order valence-electron chi connectivity index (χ0n) is 16.4. The Balaban J connectivity index is 1.50. The molecule has 9 nitrogen and oxygen atoms in total. The maximum Gasteiger partial charge on any atom is 0.332 e. The Bertz CT molecular complexity index is 1250. The van der Waals surface area contributed by atoms with Gasteiger partial charge >= 0.3 is 5.69 Å². The number of imidazole rings is 1. The molecule has 30 heavy (non-hydrogen) atoms. The number of unbranched alkanes of at least 4 members (excludes halogenated alkanes) is 1. The third-order valence-electron chi connectivity index (χ3n) is 4.80. The van der Waals surface area contributed by atoms with Gasteiger partial charge in [-0.15, -0.1) is 0 Å². The van der Waals surface area contributed by atoms with Gasteiger partial charge in [-0.25, -0.2) is 4.79 Å². The van der Waals surface area contributed by atoms with Gasteiger partial charge in [0.1, 0.15) is 0 Å². The van der Waals surface area contributed by atoms with Crippen LogP contribution in [0.5, 0.6) is 0 Å². The fourth-order valence-corrected chi connectivity index (χ4v) is 4.12. The summed E-state index contributed by atoms with van der Waals surface area (Å²) in [5.74, 6) is 1.11. The summed E-state index contributed by atoms with van der Waals surface area (Å²) in [7, 11) is 0. The van der Waals surface area contributed by atoms with Crippen molar-refractivity contribution in [3.63, 3.8) is 0 Å². The molecule has 0 aliphatic rings. The molecule has 4 aromatic rings. The van der Waals surface area contributed by atoms with E-state index in [2.05, 4.69) is 20.1 Å². The van der Waals surface area contributed by atoms with Crippen molar-refractivity contribution in [2.75, 3.05) is 0 Å². The molecule has 0 spiro atoms. The van der Waals surface area contributed by atoms with Crippen LogP contribution >= 0.6 is 22.9 Å². The van der Waals surface area contributed by atoms with Crippen LogP contribution < -0.4 is 11.2 Å². The number of nitrogens with zero attached hydrogens (tertiary/aromatic N) is 5. The first-order valence-electron chi connectivity index (χ1n) is 9.78. The van der Waals surface area contributed by atoms with Crippen molar-refractivity contribution in [3.8, 4) is 0 Å². The molecule has 0 aliphatic carbocycles. The standard InChI is InChI=1S/C19H21ClN6O3S/c1-2-3-7-25-16-15(22-18(20)23-16)17(27)26(19(25)28)8-4-5-13-21-14(29-24-13)10-12-6-9-30-11-12/h6,9,11H,2-5,7-8,10H2,1H3,(H,22,23). The second kappa shape index (κ2) is 8.97. The topological polar surface area (TPSA) is 112 Å². The minimum absolute atomic E-state index is 0.0921. The highest BCUT2D eigenvalue weighted by Gasteiger charge is 2.17. The quantitative estimate of drug-likeness (QED) is 0.394. The maximum atomic E-state index is 12.9. The van der Waals surface area contributed by atoms with E-state index >= 15 is 0 Å². The third kappa shape index (κ3) is 4.24. The second-order valence-electron chi connectivity index (χ2n) is 6.99. The third-order valence-corrected chi connectivity index (χ3v) is 5.71. The van der Waals surface area contributed by atoms with Crippen LogP contribution in [0.15, 0.2) is 30.9 Å². The molecule has 0 amide bonds. The minimum Gasteiger partial charge on any atom is -0.339 e. The number of hydrogen-bond donors (Lipinski definition) is 1. The number of rotatable bonds is 9. The Morgan fingerprint density at radius 2 is 2.03 bits per heavy atom. The molecule has 0 unspecified atom stereocenters. The van der Waals surface area contributed by atoms with Gasteiger partial charge in [0.25, 0.3) is 5.56 Å². The lowest BCUT2D eigenvalue weighted by Crippen LogP contribution is -2.40. The molecule has 158 valence electrons. The molecule has 0 radical (unpaired) electrons. The largest absolute Gasteiger partial charge is 0.339 e. The van der Waals surface area contributed by atoms with E-state index in [0.29, 0.717) is 43.2 Å². The number of aromatic amines is 1. The van der Waals surface area contributed by atoms with Crippen LogP contribution in [-0.4, -0.2) is 29.2 Å².